The molecule has 4 atom stereocenters. The zero-order valence-corrected chi connectivity index (χ0v) is 19.0. The van der Waals surface area contributed by atoms with Gasteiger partial charge in [0.05, 0.1) is 24.9 Å². The van der Waals surface area contributed by atoms with E-state index < -0.39 is 6.10 Å². The zero-order valence-electron chi connectivity index (χ0n) is 17.4. The van der Waals surface area contributed by atoms with Gasteiger partial charge in [-0.25, -0.2) is 0 Å². The SMILES string of the molecule is CC(Cc1nnc(Cc2cc(C3CC(O)CC(CO)O3)ccc2Cl)s1)c1ccccc1. The van der Waals surface area contributed by atoms with Crippen LogP contribution >= 0.6 is 22.9 Å². The first-order valence-corrected chi connectivity index (χ1v) is 11.8. The van der Waals surface area contributed by atoms with Gasteiger partial charge in [-0.15, -0.1) is 21.5 Å². The highest BCUT2D eigenvalue weighted by atomic mass is 35.5. The molecule has 5 nitrogen and oxygen atoms in total. The van der Waals surface area contributed by atoms with Crippen LogP contribution in [0.25, 0.3) is 0 Å². The maximum Gasteiger partial charge on any atom is 0.121 e. The lowest BCUT2D eigenvalue weighted by molar-refractivity contribution is -0.113. The fourth-order valence-corrected chi connectivity index (χ4v) is 5.20. The third-order valence-electron chi connectivity index (χ3n) is 5.72. The highest BCUT2D eigenvalue weighted by Gasteiger charge is 2.29. The summed E-state index contributed by atoms with van der Waals surface area (Å²) in [5.41, 5.74) is 3.21. The van der Waals surface area contributed by atoms with E-state index in [0.29, 0.717) is 30.2 Å². The summed E-state index contributed by atoms with van der Waals surface area (Å²) in [5, 5.41) is 30.9. The number of rotatable bonds is 7. The van der Waals surface area contributed by atoms with E-state index in [1.165, 1.54) is 5.56 Å². The van der Waals surface area contributed by atoms with E-state index in [4.69, 9.17) is 16.3 Å². The van der Waals surface area contributed by atoms with Crippen LogP contribution < -0.4 is 0 Å². The molecule has 0 radical (unpaired) electrons. The van der Waals surface area contributed by atoms with Crippen molar-refractivity contribution in [2.75, 3.05) is 6.61 Å². The van der Waals surface area contributed by atoms with Gasteiger partial charge in [0.2, 0.25) is 0 Å². The van der Waals surface area contributed by atoms with Crippen molar-refractivity contribution in [2.24, 2.45) is 0 Å². The topological polar surface area (TPSA) is 75.5 Å². The fraction of sp³-hybridized carbons (Fsp3) is 0.417. The van der Waals surface area contributed by atoms with Gasteiger partial charge in [-0.2, -0.15) is 0 Å². The summed E-state index contributed by atoms with van der Waals surface area (Å²) in [6, 6.07) is 16.2. The van der Waals surface area contributed by atoms with E-state index in [-0.39, 0.29) is 18.8 Å². The second kappa shape index (κ2) is 10.2. The molecule has 2 aromatic carbocycles. The van der Waals surface area contributed by atoms with Gasteiger partial charge >= 0.3 is 0 Å². The number of aliphatic hydroxyl groups is 2. The predicted molar refractivity (Wildman–Crippen MR) is 123 cm³/mol. The van der Waals surface area contributed by atoms with Crippen LogP contribution in [0.1, 0.15) is 58.5 Å². The molecule has 0 aliphatic carbocycles. The first-order chi connectivity index (χ1) is 15.0. The van der Waals surface area contributed by atoms with Gasteiger partial charge in [0, 0.05) is 30.7 Å². The standard InChI is InChI=1S/C24H27ClN2O3S/c1-15(16-5-3-2-4-6-16)9-23-26-27-24(31-23)11-18-10-17(7-8-21(18)25)22-13-19(29)12-20(14-28)30-22/h2-8,10,15,19-20,22,28-29H,9,11-14H2,1H3. The monoisotopic (exact) mass is 458 g/mol. The minimum atomic E-state index is -0.479. The van der Waals surface area contributed by atoms with Gasteiger partial charge in [-0.05, 0) is 28.7 Å². The number of aromatic nitrogens is 2. The zero-order chi connectivity index (χ0) is 21.8. The maximum atomic E-state index is 10.1. The molecule has 0 bridgehead atoms. The molecule has 1 aromatic heterocycles. The summed E-state index contributed by atoms with van der Waals surface area (Å²) < 4.78 is 5.95. The van der Waals surface area contributed by atoms with Gasteiger partial charge in [-0.3, -0.25) is 0 Å². The minimum Gasteiger partial charge on any atom is -0.394 e. The lowest BCUT2D eigenvalue weighted by Crippen LogP contribution is -2.33. The van der Waals surface area contributed by atoms with E-state index in [2.05, 4.69) is 41.4 Å². The van der Waals surface area contributed by atoms with Gasteiger partial charge in [-0.1, -0.05) is 61.0 Å². The van der Waals surface area contributed by atoms with Crippen molar-refractivity contribution in [3.63, 3.8) is 0 Å². The lowest BCUT2D eigenvalue weighted by Gasteiger charge is -2.32. The number of aliphatic hydroxyl groups excluding tert-OH is 2. The van der Waals surface area contributed by atoms with Crippen molar-refractivity contribution in [3.8, 4) is 0 Å². The van der Waals surface area contributed by atoms with Crippen LogP contribution in [0.15, 0.2) is 48.5 Å². The summed E-state index contributed by atoms with van der Waals surface area (Å²) in [4.78, 5) is 0. The maximum absolute atomic E-state index is 10.1. The number of benzene rings is 2. The van der Waals surface area contributed by atoms with E-state index in [0.717, 1.165) is 27.6 Å². The smallest absolute Gasteiger partial charge is 0.121 e. The van der Waals surface area contributed by atoms with Crippen LogP contribution in [0, 0.1) is 0 Å². The molecule has 164 valence electrons. The van der Waals surface area contributed by atoms with E-state index in [1.54, 1.807) is 11.3 Å². The van der Waals surface area contributed by atoms with E-state index in [9.17, 15) is 10.2 Å². The number of halogens is 1. The number of hydrogen-bond donors (Lipinski definition) is 2. The summed E-state index contributed by atoms with van der Waals surface area (Å²) in [6.07, 6.45) is 1.35. The Labute approximate surface area is 191 Å². The molecular weight excluding hydrogens is 432 g/mol. The fourth-order valence-electron chi connectivity index (χ4n) is 4.02. The largest absolute Gasteiger partial charge is 0.394 e. The summed E-state index contributed by atoms with van der Waals surface area (Å²) in [6.45, 7) is 2.11. The molecule has 0 amide bonds. The van der Waals surface area contributed by atoms with Crippen molar-refractivity contribution in [2.45, 2.75) is 56.8 Å². The van der Waals surface area contributed by atoms with Crippen LogP contribution in [0.3, 0.4) is 0 Å². The highest BCUT2D eigenvalue weighted by molar-refractivity contribution is 7.11. The first-order valence-electron chi connectivity index (χ1n) is 10.6. The summed E-state index contributed by atoms with van der Waals surface area (Å²) >= 11 is 8.09. The first kappa shape index (κ1) is 22.4. The van der Waals surface area contributed by atoms with E-state index in [1.807, 2.05) is 24.3 Å². The minimum absolute atomic E-state index is 0.0943. The molecule has 7 heteroatoms. The molecule has 2 heterocycles. The molecule has 2 N–H and O–H groups in total. The number of hydrogen-bond acceptors (Lipinski definition) is 6. The molecule has 1 fully saturated rings. The Morgan fingerprint density at radius 3 is 2.68 bits per heavy atom. The molecule has 1 aliphatic rings. The van der Waals surface area contributed by atoms with Gasteiger partial charge < -0.3 is 14.9 Å². The van der Waals surface area contributed by atoms with Crippen LogP contribution in [0.4, 0.5) is 0 Å². The quantitative estimate of drug-likeness (QED) is 0.536. The summed E-state index contributed by atoms with van der Waals surface area (Å²) in [7, 11) is 0. The van der Waals surface area contributed by atoms with Crippen LogP contribution in [0.5, 0.6) is 0 Å². The molecule has 1 saturated heterocycles. The Hall–Kier alpha value is -1.83. The number of ether oxygens (including phenoxy) is 1. The third kappa shape index (κ3) is 5.70. The van der Waals surface area contributed by atoms with Crippen molar-refractivity contribution < 1.29 is 14.9 Å². The van der Waals surface area contributed by atoms with Crippen molar-refractivity contribution in [1.29, 1.82) is 0 Å². The van der Waals surface area contributed by atoms with Crippen molar-refractivity contribution >= 4 is 22.9 Å². The average Bonchev–Trinajstić information content (AvgIpc) is 3.22. The highest BCUT2D eigenvalue weighted by Crippen LogP contribution is 2.34. The Kier molecular flexibility index (Phi) is 7.35. The molecule has 1 aliphatic heterocycles. The molecule has 4 unspecified atom stereocenters. The average molecular weight is 459 g/mol. The number of nitrogens with zero attached hydrogens (tertiary/aromatic N) is 2. The van der Waals surface area contributed by atoms with Gasteiger partial charge in [0.25, 0.3) is 0 Å². The Bertz CT molecular complexity index is 997. The second-order valence-electron chi connectivity index (χ2n) is 8.19. The van der Waals surface area contributed by atoms with E-state index >= 15 is 0 Å². The molecule has 4 rings (SSSR count). The third-order valence-corrected chi connectivity index (χ3v) is 7.04. The molecule has 3 aromatic rings. The van der Waals surface area contributed by atoms with Crippen LogP contribution in [0.2, 0.25) is 5.02 Å². The molecule has 31 heavy (non-hydrogen) atoms. The molecular formula is C24H27ClN2O3S. The molecule has 0 spiro atoms. The Morgan fingerprint density at radius 1 is 1.13 bits per heavy atom. The summed E-state index contributed by atoms with van der Waals surface area (Å²) in [5.74, 6) is 0.378. The van der Waals surface area contributed by atoms with Crippen molar-refractivity contribution in [1.82, 2.24) is 10.2 Å². The Morgan fingerprint density at radius 2 is 1.90 bits per heavy atom. The normalized spacial score (nSPS) is 22.4. The van der Waals surface area contributed by atoms with Gasteiger partial charge in [0.15, 0.2) is 0 Å². The van der Waals surface area contributed by atoms with Crippen LogP contribution in [-0.2, 0) is 17.6 Å². The van der Waals surface area contributed by atoms with Gasteiger partial charge in [0.1, 0.15) is 10.0 Å². The lowest BCUT2D eigenvalue weighted by atomic mass is 9.95. The Balaban J connectivity index is 1.45. The van der Waals surface area contributed by atoms with Crippen molar-refractivity contribution in [3.05, 3.63) is 80.3 Å². The van der Waals surface area contributed by atoms with Crippen LogP contribution in [-0.4, -0.2) is 39.2 Å². The second-order valence-corrected chi connectivity index (χ2v) is 9.74. The predicted octanol–water partition coefficient (Wildman–Crippen LogP) is 4.70. The molecule has 0 saturated carbocycles.